The maximum absolute atomic E-state index is 12.2. The SMILES string of the molecule is N#Cc1ccc(C=CC(=O)Nc2ccccc2Cn2cncn2)cc1. The van der Waals surface area contributed by atoms with Gasteiger partial charge in [-0.3, -0.25) is 4.79 Å². The Morgan fingerprint density at radius 1 is 1.20 bits per heavy atom. The van der Waals surface area contributed by atoms with Crippen LogP contribution in [0.15, 0.2) is 67.3 Å². The number of hydrogen-bond donors (Lipinski definition) is 1. The number of carbonyl (C=O) groups excluding carboxylic acids is 1. The Kier molecular flexibility index (Phi) is 4.98. The van der Waals surface area contributed by atoms with Gasteiger partial charge < -0.3 is 5.32 Å². The van der Waals surface area contributed by atoms with Gasteiger partial charge in [-0.1, -0.05) is 30.3 Å². The van der Waals surface area contributed by atoms with Crippen LogP contribution in [0, 0.1) is 11.3 Å². The Hall–Kier alpha value is -3.72. The minimum absolute atomic E-state index is 0.226. The first-order chi connectivity index (χ1) is 12.2. The number of nitriles is 1. The molecule has 0 aliphatic carbocycles. The third kappa shape index (κ3) is 4.39. The van der Waals surface area contributed by atoms with Crippen molar-refractivity contribution in [1.29, 1.82) is 5.26 Å². The van der Waals surface area contributed by atoms with Crippen LogP contribution < -0.4 is 5.32 Å². The molecule has 0 bridgehead atoms. The summed E-state index contributed by atoms with van der Waals surface area (Å²) < 4.78 is 1.69. The predicted molar refractivity (Wildman–Crippen MR) is 94.4 cm³/mol. The fourth-order valence-corrected chi connectivity index (χ4v) is 2.28. The normalized spacial score (nSPS) is 10.5. The van der Waals surface area contributed by atoms with E-state index in [1.165, 1.54) is 12.4 Å². The Labute approximate surface area is 145 Å². The molecule has 0 saturated carbocycles. The van der Waals surface area contributed by atoms with Gasteiger partial charge in [0.1, 0.15) is 12.7 Å². The number of aromatic nitrogens is 3. The van der Waals surface area contributed by atoms with Crippen molar-refractivity contribution >= 4 is 17.7 Å². The molecule has 122 valence electrons. The van der Waals surface area contributed by atoms with Gasteiger partial charge in [0.2, 0.25) is 5.91 Å². The molecule has 0 fully saturated rings. The van der Waals surface area contributed by atoms with Gasteiger partial charge in [-0.05, 0) is 35.4 Å². The number of anilines is 1. The van der Waals surface area contributed by atoms with Crippen molar-refractivity contribution in [3.05, 3.63) is 84.0 Å². The fraction of sp³-hybridized carbons (Fsp3) is 0.0526. The number of amides is 1. The molecular formula is C19H15N5O. The van der Waals surface area contributed by atoms with E-state index in [9.17, 15) is 4.79 Å². The molecule has 6 nitrogen and oxygen atoms in total. The molecule has 1 amide bonds. The molecule has 1 N–H and O–H groups in total. The summed E-state index contributed by atoms with van der Waals surface area (Å²) in [5, 5.41) is 15.7. The van der Waals surface area contributed by atoms with Crippen LogP contribution in [0.25, 0.3) is 6.08 Å². The second-order valence-electron chi connectivity index (χ2n) is 5.31. The monoisotopic (exact) mass is 329 g/mol. The minimum atomic E-state index is -0.226. The molecule has 1 heterocycles. The van der Waals surface area contributed by atoms with Crippen LogP contribution in [-0.4, -0.2) is 20.7 Å². The number of carbonyl (C=O) groups is 1. The van der Waals surface area contributed by atoms with Gasteiger partial charge in [-0.25, -0.2) is 9.67 Å². The van der Waals surface area contributed by atoms with E-state index < -0.39 is 0 Å². The lowest BCUT2D eigenvalue weighted by Crippen LogP contribution is -2.11. The first-order valence-corrected chi connectivity index (χ1v) is 7.64. The zero-order valence-corrected chi connectivity index (χ0v) is 13.3. The summed E-state index contributed by atoms with van der Waals surface area (Å²) in [7, 11) is 0. The molecule has 0 saturated heterocycles. The summed E-state index contributed by atoms with van der Waals surface area (Å²) in [5.41, 5.74) is 3.11. The first kappa shape index (κ1) is 16.1. The average Bonchev–Trinajstić information content (AvgIpc) is 3.15. The summed E-state index contributed by atoms with van der Waals surface area (Å²) in [5.74, 6) is -0.226. The Morgan fingerprint density at radius 3 is 2.72 bits per heavy atom. The van der Waals surface area contributed by atoms with Crippen molar-refractivity contribution in [3.8, 4) is 6.07 Å². The van der Waals surface area contributed by atoms with Crippen LogP contribution in [0.4, 0.5) is 5.69 Å². The molecule has 0 unspecified atom stereocenters. The van der Waals surface area contributed by atoms with Gasteiger partial charge in [0.15, 0.2) is 0 Å². The topological polar surface area (TPSA) is 83.6 Å². The van der Waals surface area contributed by atoms with E-state index in [4.69, 9.17) is 5.26 Å². The molecule has 3 aromatic rings. The van der Waals surface area contributed by atoms with Gasteiger partial charge in [0.05, 0.1) is 18.2 Å². The van der Waals surface area contributed by atoms with Crippen molar-refractivity contribution < 1.29 is 4.79 Å². The summed E-state index contributed by atoms with van der Waals surface area (Å²) in [6.45, 7) is 0.524. The Bertz CT molecular complexity index is 921. The first-order valence-electron chi connectivity index (χ1n) is 7.64. The number of nitrogens with zero attached hydrogens (tertiary/aromatic N) is 4. The number of nitrogens with one attached hydrogen (secondary N) is 1. The summed E-state index contributed by atoms with van der Waals surface area (Å²) in [6, 6.07) is 16.6. The van der Waals surface area contributed by atoms with E-state index >= 15 is 0 Å². The number of hydrogen-bond acceptors (Lipinski definition) is 4. The van der Waals surface area contributed by atoms with Crippen molar-refractivity contribution in [1.82, 2.24) is 14.8 Å². The van der Waals surface area contributed by atoms with E-state index in [0.29, 0.717) is 12.1 Å². The Morgan fingerprint density at radius 2 is 2.00 bits per heavy atom. The van der Waals surface area contributed by atoms with Crippen molar-refractivity contribution in [3.63, 3.8) is 0 Å². The molecule has 0 radical (unpaired) electrons. The van der Waals surface area contributed by atoms with Crippen LogP contribution in [0.1, 0.15) is 16.7 Å². The van der Waals surface area contributed by atoms with Crippen molar-refractivity contribution in [2.75, 3.05) is 5.32 Å². The van der Waals surface area contributed by atoms with E-state index in [1.54, 1.807) is 41.4 Å². The third-order valence-corrected chi connectivity index (χ3v) is 3.54. The van der Waals surface area contributed by atoms with E-state index in [0.717, 1.165) is 16.8 Å². The molecule has 25 heavy (non-hydrogen) atoms. The highest BCUT2D eigenvalue weighted by atomic mass is 16.1. The largest absolute Gasteiger partial charge is 0.322 e. The number of rotatable bonds is 5. The van der Waals surface area contributed by atoms with Gasteiger partial charge in [-0.15, -0.1) is 0 Å². The van der Waals surface area contributed by atoms with Gasteiger partial charge >= 0.3 is 0 Å². The Balaban J connectivity index is 1.68. The molecule has 2 aromatic carbocycles. The number of para-hydroxylation sites is 1. The summed E-state index contributed by atoms with van der Waals surface area (Å²) in [4.78, 5) is 16.1. The molecule has 6 heteroatoms. The zero-order chi connectivity index (χ0) is 17.5. The van der Waals surface area contributed by atoms with Gasteiger partial charge in [0.25, 0.3) is 0 Å². The molecular weight excluding hydrogens is 314 g/mol. The maximum atomic E-state index is 12.2. The summed E-state index contributed by atoms with van der Waals surface area (Å²) in [6.07, 6.45) is 6.27. The van der Waals surface area contributed by atoms with E-state index in [2.05, 4.69) is 21.5 Å². The standard InChI is InChI=1S/C19H15N5O/c20-11-16-7-5-15(6-8-16)9-10-19(25)23-18-4-2-1-3-17(18)12-24-14-21-13-22-24/h1-10,13-14H,12H2,(H,23,25). The minimum Gasteiger partial charge on any atom is -0.322 e. The molecule has 0 aliphatic heterocycles. The lowest BCUT2D eigenvalue weighted by Gasteiger charge is -2.09. The van der Waals surface area contributed by atoms with Crippen LogP contribution in [0.2, 0.25) is 0 Å². The quantitative estimate of drug-likeness (QED) is 0.730. The van der Waals surface area contributed by atoms with Crippen LogP contribution >= 0.6 is 0 Å². The average molecular weight is 329 g/mol. The smallest absolute Gasteiger partial charge is 0.248 e. The van der Waals surface area contributed by atoms with Crippen LogP contribution in [0.5, 0.6) is 0 Å². The highest BCUT2D eigenvalue weighted by Crippen LogP contribution is 2.16. The van der Waals surface area contributed by atoms with Crippen molar-refractivity contribution in [2.24, 2.45) is 0 Å². The van der Waals surface area contributed by atoms with E-state index in [1.807, 2.05) is 24.3 Å². The van der Waals surface area contributed by atoms with Gasteiger partial charge in [-0.2, -0.15) is 10.4 Å². The molecule has 0 atom stereocenters. The lowest BCUT2D eigenvalue weighted by molar-refractivity contribution is -0.111. The second kappa shape index (κ2) is 7.70. The predicted octanol–water partition coefficient (Wildman–Crippen LogP) is 2.85. The number of benzene rings is 2. The van der Waals surface area contributed by atoms with Crippen LogP contribution in [-0.2, 0) is 11.3 Å². The fourth-order valence-electron chi connectivity index (χ4n) is 2.28. The summed E-state index contributed by atoms with van der Waals surface area (Å²) >= 11 is 0. The van der Waals surface area contributed by atoms with Gasteiger partial charge in [0, 0.05) is 11.8 Å². The maximum Gasteiger partial charge on any atom is 0.248 e. The van der Waals surface area contributed by atoms with Crippen molar-refractivity contribution in [2.45, 2.75) is 6.54 Å². The third-order valence-electron chi connectivity index (χ3n) is 3.54. The highest BCUT2D eigenvalue weighted by molar-refractivity contribution is 6.02. The highest BCUT2D eigenvalue weighted by Gasteiger charge is 2.05. The van der Waals surface area contributed by atoms with Crippen LogP contribution in [0.3, 0.4) is 0 Å². The molecule has 3 rings (SSSR count). The molecule has 1 aromatic heterocycles. The van der Waals surface area contributed by atoms with E-state index in [-0.39, 0.29) is 5.91 Å². The lowest BCUT2D eigenvalue weighted by atomic mass is 10.1. The second-order valence-corrected chi connectivity index (χ2v) is 5.31. The molecule has 0 aliphatic rings. The zero-order valence-electron chi connectivity index (χ0n) is 13.3. The molecule has 0 spiro atoms.